The summed E-state index contributed by atoms with van der Waals surface area (Å²) >= 11 is 0. The lowest BCUT2D eigenvalue weighted by atomic mass is 9.96. The Morgan fingerprint density at radius 3 is 2.83 bits per heavy atom. The van der Waals surface area contributed by atoms with E-state index in [0.29, 0.717) is 25.2 Å². The fourth-order valence-corrected chi connectivity index (χ4v) is 3.39. The van der Waals surface area contributed by atoms with Gasteiger partial charge in [-0.25, -0.2) is 4.79 Å². The number of carbonyl (C=O) groups is 1. The molecule has 2 aliphatic heterocycles. The molecule has 2 fully saturated rings. The molecule has 23 heavy (non-hydrogen) atoms. The van der Waals surface area contributed by atoms with Gasteiger partial charge in [0, 0.05) is 31.2 Å². The van der Waals surface area contributed by atoms with E-state index in [9.17, 15) is 14.9 Å². The third kappa shape index (κ3) is 2.69. The number of piperidine rings is 1. The molecule has 3 heterocycles. The summed E-state index contributed by atoms with van der Waals surface area (Å²) in [4.78, 5) is 30.5. The number of rotatable bonds is 2. The van der Waals surface area contributed by atoms with E-state index in [2.05, 4.69) is 4.98 Å². The van der Waals surface area contributed by atoms with E-state index in [0.717, 1.165) is 0 Å². The number of hydrogen-bond donors (Lipinski definition) is 0. The molecule has 1 aromatic heterocycles. The second-order valence-corrected chi connectivity index (χ2v) is 6.89. The van der Waals surface area contributed by atoms with Crippen LogP contribution in [0.3, 0.4) is 0 Å². The molecule has 0 radical (unpaired) electrons. The van der Waals surface area contributed by atoms with Crippen molar-refractivity contribution in [2.24, 2.45) is 0 Å². The number of hydrogen-bond acceptors (Lipinski definition) is 6. The van der Waals surface area contributed by atoms with Crippen LogP contribution in [0.25, 0.3) is 0 Å². The molecule has 124 valence electrons. The van der Waals surface area contributed by atoms with Gasteiger partial charge < -0.3 is 9.64 Å². The van der Waals surface area contributed by atoms with Crippen LogP contribution < -0.4 is 4.90 Å². The number of pyridine rings is 1. The third-order valence-corrected chi connectivity index (χ3v) is 4.34. The molecule has 1 amide bonds. The summed E-state index contributed by atoms with van der Waals surface area (Å²) in [6, 6.07) is 1.54. The van der Waals surface area contributed by atoms with Crippen LogP contribution in [-0.2, 0) is 4.74 Å². The van der Waals surface area contributed by atoms with Gasteiger partial charge in [0.15, 0.2) is 0 Å². The van der Waals surface area contributed by atoms with E-state index in [-0.39, 0.29) is 29.5 Å². The predicted octanol–water partition coefficient (Wildman–Crippen LogP) is 2.19. The van der Waals surface area contributed by atoms with Gasteiger partial charge in [0.05, 0.1) is 11.0 Å². The molecule has 8 heteroatoms. The van der Waals surface area contributed by atoms with E-state index in [1.165, 1.54) is 6.20 Å². The molecular weight excluding hydrogens is 300 g/mol. The number of fused-ring (bicyclic) bond motifs is 1. The highest BCUT2D eigenvalue weighted by molar-refractivity contribution is 5.72. The Morgan fingerprint density at radius 1 is 1.43 bits per heavy atom. The molecule has 1 aromatic rings. The van der Waals surface area contributed by atoms with Crippen LogP contribution in [0.5, 0.6) is 0 Å². The molecule has 0 saturated carbocycles. The van der Waals surface area contributed by atoms with Crippen molar-refractivity contribution in [2.75, 3.05) is 18.0 Å². The number of carbonyl (C=O) groups excluding carboxylic acids is 1. The van der Waals surface area contributed by atoms with Gasteiger partial charge in [-0.3, -0.25) is 20.0 Å². The molecule has 3 rings (SSSR count). The van der Waals surface area contributed by atoms with E-state index in [4.69, 9.17) is 4.74 Å². The first kappa shape index (κ1) is 15.5. The van der Waals surface area contributed by atoms with Crippen molar-refractivity contribution in [2.45, 2.75) is 44.9 Å². The lowest BCUT2D eigenvalue weighted by molar-refractivity contribution is -0.384. The molecule has 0 N–H and O–H groups in total. The number of ether oxygens (including phenoxy) is 1. The van der Waals surface area contributed by atoms with Crippen LogP contribution in [0.1, 0.15) is 27.2 Å². The zero-order valence-electron chi connectivity index (χ0n) is 13.4. The van der Waals surface area contributed by atoms with Crippen molar-refractivity contribution < 1.29 is 14.5 Å². The Morgan fingerprint density at radius 2 is 2.17 bits per heavy atom. The summed E-state index contributed by atoms with van der Waals surface area (Å²) in [5.41, 5.74) is 0.166. The van der Waals surface area contributed by atoms with Gasteiger partial charge in [-0.05, 0) is 26.8 Å². The monoisotopic (exact) mass is 320 g/mol. The Bertz CT molecular complexity index is 643. The van der Waals surface area contributed by atoms with Crippen LogP contribution >= 0.6 is 0 Å². The summed E-state index contributed by atoms with van der Waals surface area (Å²) in [6.07, 6.45) is 3.01. The summed E-state index contributed by atoms with van der Waals surface area (Å²) in [6.45, 7) is 7.01. The highest BCUT2D eigenvalue weighted by atomic mass is 16.6. The number of nitrogens with zero attached hydrogens (tertiary/aromatic N) is 4. The molecule has 2 saturated heterocycles. The first-order valence-corrected chi connectivity index (χ1v) is 7.62. The number of aromatic nitrogens is 1. The molecule has 0 spiro atoms. The van der Waals surface area contributed by atoms with Crippen LogP contribution in [0.4, 0.5) is 16.2 Å². The summed E-state index contributed by atoms with van der Waals surface area (Å²) in [7, 11) is 0. The Hall–Kier alpha value is -2.38. The summed E-state index contributed by atoms with van der Waals surface area (Å²) in [5, 5.41) is 11.2. The average molecular weight is 320 g/mol. The predicted molar refractivity (Wildman–Crippen MR) is 83.4 cm³/mol. The second kappa shape index (κ2) is 5.36. The van der Waals surface area contributed by atoms with Crippen molar-refractivity contribution in [3.8, 4) is 0 Å². The maximum Gasteiger partial charge on any atom is 0.410 e. The van der Waals surface area contributed by atoms with Crippen molar-refractivity contribution >= 4 is 17.5 Å². The normalized spacial score (nSPS) is 24.4. The molecule has 2 aliphatic rings. The van der Waals surface area contributed by atoms with E-state index < -0.39 is 4.92 Å². The lowest BCUT2D eigenvalue weighted by Crippen LogP contribution is -2.56. The van der Waals surface area contributed by atoms with Gasteiger partial charge >= 0.3 is 11.8 Å². The highest BCUT2D eigenvalue weighted by Crippen LogP contribution is 2.36. The molecule has 0 aromatic carbocycles. The van der Waals surface area contributed by atoms with Crippen LogP contribution in [0.15, 0.2) is 18.5 Å². The molecular formula is C15H20N4O4. The summed E-state index contributed by atoms with van der Waals surface area (Å²) < 4.78 is 5.48. The minimum absolute atomic E-state index is 0.0153. The second-order valence-electron chi connectivity index (χ2n) is 6.89. The zero-order valence-corrected chi connectivity index (χ0v) is 13.4. The number of anilines is 1. The smallest absolute Gasteiger partial charge is 0.410 e. The zero-order chi connectivity index (χ0) is 16.8. The largest absolute Gasteiger partial charge is 0.444 e. The summed E-state index contributed by atoms with van der Waals surface area (Å²) in [5.74, 6) is 0. The molecule has 2 atom stereocenters. The van der Waals surface area contributed by atoms with Crippen molar-refractivity contribution in [1.29, 1.82) is 0 Å². The van der Waals surface area contributed by atoms with Gasteiger partial charge in [-0.2, -0.15) is 0 Å². The Kier molecular flexibility index (Phi) is 3.62. The van der Waals surface area contributed by atoms with Crippen molar-refractivity contribution in [3.05, 3.63) is 28.6 Å². The van der Waals surface area contributed by atoms with Gasteiger partial charge in [0.1, 0.15) is 18.0 Å². The minimum Gasteiger partial charge on any atom is -0.444 e. The van der Waals surface area contributed by atoms with Crippen LogP contribution in [0.2, 0.25) is 0 Å². The number of nitro groups is 1. The third-order valence-electron chi connectivity index (χ3n) is 4.34. The minimum atomic E-state index is -0.424. The quantitative estimate of drug-likeness (QED) is 0.613. The van der Waals surface area contributed by atoms with Crippen molar-refractivity contribution in [1.82, 2.24) is 9.88 Å². The first-order chi connectivity index (χ1) is 10.8. The lowest BCUT2D eigenvalue weighted by Gasteiger charge is -2.41. The van der Waals surface area contributed by atoms with Crippen LogP contribution in [-0.4, -0.2) is 51.7 Å². The molecule has 0 aliphatic carbocycles. The Balaban J connectivity index is 1.89. The fraction of sp³-hybridized carbons (Fsp3) is 0.600. The molecule has 0 bridgehead atoms. The van der Waals surface area contributed by atoms with Gasteiger partial charge in [-0.15, -0.1) is 0 Å². The maximum atomic E-state index is 12.2. The molecule has 8 nitrogen and oxygen atoms in total. The fourth-order valence-electron chi connectivity index (χ4n) is 3.39. The highest BCUT2D eigenvalue weighted by Gasteiger charge is 2.49. The van der Waals surface area contributed by atoms with E-state index in [1.807, 2.05) is 25.7 Å². The maximum absolute atomic E-state index is 12.2. The van der Waals surface area contributed by atoms with E-state index >= 15 is 0 Å². The van der Waals surface area contributed by atoms with Gasteiger partial charge in [0.2, 0.25) is 0 Å². The van der Waals surface area contributed by atoms with E-state index in [1.54, 1.807) is 17.2 Å². The standard InChI is InChI=1S/C15H20N4O4/c1-15(2,3)18-12-9-17(7-5-13(12)23-14(18)20)10-4-6-16-8-11(10)19(21)22/h4,6,8,12-13H,5,7,9H2,1-3H3/t12-,13+/m1/s1. The average Bonchev–Trinajstić information content (AvgIpc) is 2.81. The Labute approximate surface area is 134 Å². The van der Waals surface area contributed by atoms with Gasteiger partial charge in [0.25, 0.3) is 0 Å². The SMILES string of the molecule is CC(C)(C)N1C(=O)O[C@H]2CCN(c3ccncc3[N+](=O)[O-])C[C@H]21. The number of amides is 1. The van der Waals surface area contributed by atoms with Crippen LogP contribution in [0, 0.1) is 10.1 Å². The topological polar surface area (TPSA) is 88.8 Å². The first-order valence-electron chi connectivity index (χ1n) is 7.62. The van der Waals surface area contributed by atoms with Gasteiger partial charge in [-0.1, -0.05) is 0 Å². The van der Waals surface area contributed by atoms with Crippen molar-refractivity contribution in [3.63, 3.8) is 0 Å². The molecule has 0 unspecified atom stereocenters.